The lowest BCUT2D eigenvalue weighted by Crippen LogP contribution is -2.41. The topological polar surface area (TPSA) is 108 Å². The molecule has 0 spiro atoms. The van der Waals surface area contributed by atoms with Crippen molar-refractivity contribution in [3.05, 3.63) is 65.2 Å². The largest absolute Gasteiger partial charge is 0.478 e. The van der Waals surface area contributed by atoms with Gasteiger partial charge in [0.15, 0.2) is 0 Å². The molecule has 3 aromatic rings. The fraction of sp³-hybridized carbons (Fsp3) is 0.375. The van der Waals surface area contributed by atoms with E-state index in [1.54, 1.807) is 6.20 Å². The smallest absolute Gasteiger partial charge is 0.338 e. The molecule has 184 valence electrons. The van der Waals surface area contributed by atoms with E-state index in [0.717, 1.165) is 44.0 Å². The van der Waals surface area contributed by atoms with Crippen molar-refractivity contribution in [2.24, 2.45) is 0 Å². The minimum absolute atomic E-state index is 0.109. The number of carbonyl (C=O) groups excluding carboxylic acids is 1. The fourth-order valence-corrected chi connectivity index (χ4v) is 4.21. The predicted molar refractivity (Wildman–Crippen MR) is 132 cm³/mol. The fourth-order valence-electron chi connectivity index (χ4n) is 4.09. The molecule has 1 saturated heterocycles. The maximum atomic E-state index is 12.9. The summed E-state index contributed by atoms with van der Waals surface area (Å²) in [4.78, 5) is 34.5. The normalized spacial score (nSPS) is 14.5. The maximum Gasteiger partial charge on any atom is 0.338 e. The molecule has 0 bridgehead atoms. The summed E-state index contributed by atoms with van der Waals surface area (Å²) in [5.74, 6) is -0.930. The number of aromatic carboxylic acids is 1. The lowest BCUT2D eigenvalue weighted by molar-refractivity contribution is -0.129. The van der Waals surface area contributed by atoms with Crippen LogP contribution < -0.4 is 4.90 Å². The molecule has 1 aliphatic rings. The maximum absolute atomic E-state index is 12.9. The summed E-state index contributed by atoms with van der Waals surface area (Å²) in [6.45, 7) is 4.20. The number of nitrogens with zero attached hydrogens (tertiary/aromatic N) is 7. The summed E-state index contributed by atoms with van der Waals surface area (Å²) in [6, 6.07) is 8.90. The van der Waals surface area contributed by atoms with E-state index in [9.17, 15) is 14.7 Å². The molecule has 11 heteroatoms. The first-order valence-electron chi connectivity index (χ1n) is 11.5. The number of carboxylic acid groups (broad SMARTS) is 1. The van der Waals surface area contributed by atoms with Gasteiger partial charge in [-0.3, -0.25) is 9.78 Å². The number of aromatic nitrogens is 4. The number of rotatable bonds is 8. The molecule has 1 aromatic carbocycles. The van der Waals surface area contributed by atoms with Gasteiger partial charge in [0.05, 0.1) is 35.9 Å². The van der Waals surface area contributed by atoms with E-state index < -0.39 is 5.97 Å². The van der Waals surface area contributed by atoms with Crippen molar-refractivity contribution in [2.45, 2.75) is 12.8 Å². The molecule has 1 fully saturated rings. The number of hydrogen-bond acceptors (Lipinski definition) is 7. The summed E-state index contributed by atoms with van der Waals surface area (Å²) >= 11 is 5.96. The molecule has 4 rings (SSSR count). The molecule has 0 aliphatic carbocycles. The number of amides is 1. The van der Waals surface area contributed by atoms with Crippen LogP contribution in [-0.2, 0) is 11.2 Å². The van der Waals surface area contributed by atoms with Crippen LogP contribution in [0.3, 0.4) is 0 Å². The molecule has 0 atom stereocenters. The molecule has 3 heterocycles. The van der Waals surface area contributed by atoms with Crippen LogP contribution in [0.15, 0.2) is 48.9 Å². The van der Waals surface area contributed by atoms with E-state index >= 15 is 0 Å². The third-order valence-electron chi connectivity index (χ3n) is 6.08. The molecule has 0 unspecified atom stereocenters. The third kappa shape index (κ3) is 6.34. The minimum Gasteiger partial charge on any atom is -0.478 e. The van der Waals surface area contributed by atoms with E-state index in [2.05, 4.69) is 20.2 Å². The van der Waals surface area contributed by atoms with Crippen molar-refractivity contribution in [3.8, 4) is 5.69 Å². The van der Waals surface area contributed by atoms with Gasteiger partial charge in [-0.25, -0.2) is 9.48 Å². The average molecular weight is 498 g/mol. The van der Waals surface area contributed by atoms with Crippen LogP contribution in [0.4, 0.5) is 5.69 Å². The number of pyridine rings is 1. The van der Waals surface area contributed by atoms with Gasteiger partial charge >= 0.3 is 5.97 Å². The van der Waals surface area contributed by atoms with Crippen molar-refractivity contribution in [1.82, 2.24) is 29.8 Å². The van der Waals surface area contributed by atoms with E-state index in [1.807, 2.05) is 41.1 Å². The number of benzene rings is 1. The van der Waals surface area contributed by atoms with Gasteiger partial charge < -0.3 is 19.8 Å². The van der Waals surface area contributed by atoms with E-state index in [-0.39, 0.29) is 11.5 Å². The molecular weight excluding hydrogens is 470 g/mol. The molecular formula is C24H28ClN7O3. The highest BCUT2D eigenvalue weighted by atomic mass is 35.5. The highest BCUT2D eigenvalue weighted by Crippen LogP contribution is 2.17. The Morgan fingerprint density at radius 1 is 1.11 bits per heavy atom. The van der Waals surface area contributed by atoms with Gasteiger partial charge in [0.25, 0.3) is 0 Å². The summed E-state index contributed by atoms with van der Waals surface area (Å²) in [6.07, 6.45) is 6.22. The number of hydrogen-bond donors (Lipinski definition) is 1. The Morgan fingerprint density at radius 3 is 2.69 bits per heavy atom. The van der Waals surface area contributed by atoms with Gasteiger partial charge in [-0.15, -0.1) is 5.10 Å². The van der Waals surface area contributed by atoms with Gasteiger partial charge in [0.1, 0.15) is 0 Å². The SMILES string of the molecule is CN(CC(=O)N1CCCN(CCc2cn(-c3cnccc3C(=O)O)nn2)CC1)c1ccc(Cl)cc1. The van der Waals surface area contributed by atoms with Gasteiger partial charge in [-0.05, 0) is 43.3 Å². The van der Waals surface area contributed by atoms with E-state index in [4.69, 9.17) is 11.6 Å². The summed E-state index contributed by atoms with van der Waals surface area (Å²) in [5.41, 5.74) is 2.22. The van der Waals surface area contributed by atoms with Crippen LogP contribution in [0.25, 0.3) is 5.69 Å². The molecule has 2 aromatic heterocycles. The van der Waals surface area contributed by atoms with Crippen LogP contribution >= 0.6 is 11.6 Å². The van der Waals surface area contributed by atoms with Crippen molar-refractivity contribution < 1.29 is 14.7 Å². The molecule has 0 radical (unpaired) electrons. The Labute approximate surface area is 208 Å². The van der Waals surface area contributed by atoms with Crippen molar-refractivity contribution in [2.75, 3.05) is 51.2 Å². The molecule has 10 nitrogen and oxygen atoms in total. The second-order valence-corrected chi connectivity index (χ2v) is 8.95. The van der Waals surface area contributed by atoms with Crippen molar-refractivity contribution in [3.63, 3.8) is 0 Å². The first-order valence-corrected chi connectivity index (χ1v) is 11.8. The van der Waals surface area contributed by atoms with E-state index in [1.165, 1.54) is 23.1 Å². The summed E-state index contributed by atoms with van der Waals surface area (Å²) in [7, 11) is 1.91. The third-order valence-corrected chi connectivity index (χ3v) is 6.34. The summed E-state index contributed by atoms with van der Waals surface area (Å²) < 4.78 is 1.45. The molecule has 1 amide bonds. The van der Waals surface area contributed by atoms with Gasteiger partial charge in [-0.2, -0.15) is 0 Å². The number of likely N-dealkylation sites (N-methyl/N-ethyl adjacent to an activating group) is 1. The second-order valence-electron chi connectivity index (χ2n) is 8.51. The molecule has 1 aliphatic heterocycles. The van der Waals surface area contributed by atoms with E-state index in [0.29, 0.717) is 30.2 Å². The zero-order valence-electron chi connectivity index (χ0n) is 19.5. The predicted octanol–water partition coefficient (Wildman–Crippen LogP) is 2.23. The molecule has 35 heavy (non-hydrogen) atoms. The molecule has 0 saturated carbocycles. The van der Waals surface area contributed by atoms with Crippen LogP contribution in [0.2, 0.25) is 5.02 Å². The van der Waals surface area contributed by atoms with Crippen LogP contribution in [0.1, 0.15) is 22.5 Å². The average Bonchev–Trinajstić information content (AvgIpc) is 3.20. The Kier molecular flexibility index (Phi) is 7.94. The highest BCUT2D eigenvalue weighted by molar-refractivity contribution is 6.30. The number of halogens is 1. The number of carboxylic acids is 1. The van der Waals surface area contributed by atoms with Crippen LogP contribution in [-0.4, -0.2) is 93.1 Å². The molecule has 1 N–H and O–H groups in total. The van der Waals surface area contributed by atoms with Crippen LogP contribution in [0, 0.1) is 0 Å². The Hall–Kier alpha value is -3.50. The monoisotopic (exact) mass is 497 g/mol. The standard InChI is InChI=1S/C24H28ClN7O3/c1-29(20-5-3-18(25)4-6-20)17-23(33)31-11-2-10-30(13-14-31)12-8-19-16-32(28-27-19)22-15-26-9-7-21(22)24(34)35/h3-7,9,15-16H,2,8,10-14,17H2,1H3,(H,34,35). The zero-order valence-corrected chi connectivity index (χ0v) is 20.3. The first-order chi connectivity index (χ1) is 16.9. The van der Waals surface area contributed by atoms with Crippen molar-refractivity contribution >= 4 is 29.2 Å². The van der Waals surface area contributed by atoms with Crippen LogP contribution in [0.5, 0.6) is 0 Å². The quantitative estimate of drug-likeness (QED) is 0.505. The number of anilines is 1. The van der Waals surface area contributed by atoms with Gasteiger partial charge in [-0.1, -0.05) is 16.8 Å². The number of carbonyl (C=O) groups is 2. The summed E-state index contributed by atoms with van der Waals surface area (Å²) in [5, 5.41) is 18.3. The highest BCUT2D eigenvalue weighted by Gasteiger charge is 2.21. The Morgan fingerprint density at radius 2 is 1.91 bits per heavy atom. The second kappa shape index (κ2) is 11.3. The Balaban J connectivity index is 1.28. The minimum atomic E-state index is -1.04. The first kappa shape index (κ1) is 24.6. The lowest BCUT2D eigenvalue weighted by atomic mass is 10.2. The zero-order chi connectivity index (χ0) is 24.8. The van der Waals surface area contributed by atoms with Gasteiger partial charge in [0, 0.05) is 56.6 Å². The van der Waals surface area contributed by atoms with Crippen molar-refractivity contribution in [1.29, 1.82) is 0 Å². The Bertz CT molecular complexity index is 1170. The van der Waals surface area contributed by atoms with Gasteiger partial charge in [0.2, 0.25) is 5.91 Å². The lowest BCUT2D eigenvalue weighted by Gasteiger charge is -2.25.